The average Bonchev–Trinajstić information content (AvgIpc) is 2.92. The van der Waals surface area contributed by atoms with Crippen LogP contribution in [0.3, 0.4) is 0 Å². The zero-order chi connectivity index (χ0) is 18.5. The Morgan fingerprint density at radius 1 is 1.27 bits per heavy atom. The van der Waals surface area contributed by atoms with E-state index in [1.807, 2.05) is 17.7 Å². The Balaban J connectivity index is 1.44. The van der Waals surface area contributed by atoms with Crippen molar-refractivity contribution in [2.75, 3.05) is 24.5 Å². The third-order valence-corrected chi connectivity index (χ3v) is 5.24. The van der Waals surface area contributed by atoms with Crippen molar-refractivity contribution in [3.63, 3.8) is 0 Å². The van der Waals surface area contributed by atoms with Crippen LogP contribution in [-0.4, -0.2) is 45.3 Å². The Bertz CT molecular complexity index is 742. The van der Waals surface area contributed by atoms with Gasteiger partial charge >= 0.3 is 0 Å². The number of carbonyl (C=O) groups is 1. The topological polar surface area (TPSA) is 75.9 Å². The first-order chi connectivity index (χ1) is 12.5. The van der Waals surface area contributed by atoms with Crippen LogP contribution in [0.2, 0.25) is 0 Å². The summed E-state index contributed by atoms with van der Waals surface area (Å²) in [6.45, 7) is 9.32. The predicted octanol–water partition coefficient (Wildman–Crippen LogP) is 2.02. The smallest absolute Gasteiger partial charge is 0.225 e. The number of hydrogen-bond acceptors (Lipinski definition) is 5. The lowest BCUT2D eigenvalue weighted by molar-refractivity contribution is -0.121. The van der Waals surface area contributed by atoms with Gasteiger partial charge < -0.3 is 10.2 Å². The van der Waals surface area contributed by atoms with E-state index in [9.17, 15) is 4.79 Å². The number of amides is 1. The molecule has 0 bridgehead atoms. The minimum absolute atomic E-state index is 0.0864. The van der Waals surface area contributed by atoms with Crippen molar-refractivity contribution in [1.29, 1.82) is 0 Å². The van der Waals surface area contributed by atoms with Gasteiger partial charge in [0.15, 0.2) is 0 Å². The fourth-order valence-electron chi connectivity index (χ4n) is 3.43. The monoisotopic (exact) mass is 356 g/mol. The van der Waals surface area contributed by atoms with Crippen LogP contribution in [0.5, 0.6) is 0 Å². The second kappa shape index (κ2) is 8.29. The molecule has 7 nitrogen and oxygen atoms in total. The lowest BCUT2D eigenvalue weighted by Crippen LogP contribution is -2.41. The van der Waals surface area contributed by atoms with E-state index in [2.05, 4.69) is 39.1 Å². The molecule has 1 unspecified atom stereocenters. The summed E-state index contributed by atoms with van der Waals surface area (Å²) in [7, 11) is 0. The molecule has 7 heteroatoms. The van der Waals surface area contributed by atoms with Crippen LogP contribution < -0.4 is 10.2 Å². The first kappa shape index (κ1) is 18.4. The SMILES string of the molecule is Cc1nn(CCC(=O)NCC2CCCN(c3ncccn3)C2)c(C)c1C. The van der Waals surface area contributed by atoms with Crippen LogP contribution >= 0.6 is 0 Å². The first-order valence-corrected chi connectivity index (χ1v) is 9.34. The lowest BCUT2D eigenvalue weighted by atomic mass is 9.98. The number of anilines is 1. The third-order valence-electron chi connectivity index (χ3n) is 5.24. The highest BCUT2D eigenvalue weighted by atomic mass is 16.1. The van der Waals surface area contributed by atoms with Gasteiger partial charge in [0.1, 0.15) is 0 Å². The van der Waals surface area contributed by atoms with E-state index in [0.717, 1.165) is 43.3 Å². The molecule has 1 atom stereocenters. The van der Waals surface area contributed by atoms with E-state index >= 15 is 0 Å². The van der Waals surface area contributed by atoms with E-state index in [0.29, 0.717) is 25.4 Å². The Morgan fingerprint density at radius 2 is 2.04 bits per heavy atom. The summed E-state index contributed by atoms with van der Waals surface area (Å²) in [5.41, 5.74) is 3.38. The Hall–Kier alpha value is -2.44. The van der Waals surface area contributed by atoms with E-state index in [1.54, 1.807) is 12.4 Å². The van der Waals surface area contributed by atoms with Crippen molar-refractivity contribution in [2.45, 2.75) is 46.6 Å². The number of nitrogens with zero attached hydrogens (tertiary/aromatic N) is 5. The van der Waals surface area contributed by atoms with Crippen LogP contribution in [0.25, 0.3) is 0 Å². The first-order valence-electron chi connectivity index (χ1n) is 9.34. The van der Waals surface area contributed by atoms with Gasteiger partial charge in [-0.25, -0.2) is 9.97 Å². The maximum Gasteiger partial charge on any atom is 0.225 e. The van der Waals surface area contributed by atoms with Gasteiger partial charge in [-0.05, 0) is 51.2 Å². The molecule has 0 radical (unpaired) electrons. The summed E-state index contributed by atoms with van der Waals surface area (Å²) in [6, 6.07) is 1.83. The summed E-state index contributed by atoms with van der Waals surface area (Å²) >= 11 is 0. The summed E-state index contributed by atoms with van der Waals surface area (Å²) in [5, 5.41) is 7.58. The van der Waals surface area contributed by atoms with Crippen molar-refractivity contribution in [3.05, 3.63) is 35.4 Å². The molecule has 1 N–H and O–H groups in total. The van der Waals surface area contributed by atoms with Gasteiger partial charge in [-0.3, -0.25) is 9.48 Å². The highest BCUT2D eigenvalue weighted by Gasteiger charge is 2.22. The normalized spacial score (nSPS) is 17.3. The van der Waals surface area contributed by atoms with Gasteiger partial charge in [0, 0.05) is 50.7 Å². The molecule has 140 valence electrons. The van der Waals surface area contributed by atoms with Crippen LogP contribution in [0.4, 0.5) is 5.95 Å². The number of hydrogen-bond donors (Lipinski definition) is 1. The molecule has 1 fully saturated rings. The molecule has 0 saturated carbocycles. The Morgan fingerprint density at radius 3 is 2.73 bits per heavy atom. The number of piperidine rings is 1. The van der Waals surface area contributed by atoms with E-state index in [1.165, 1.54) is 5.56 Å². The van der Waals surface area contributed by atoms with Crippen molar-refractivity contribution >= 4 is 11.9 Å². The molecule has 3 heterocycles. The standard InChI is InChI=1S/C19H28N6O/c1-14-15(2)23-25(16(14)3)11-7-18(26)22-12-17-6-4-10-24(13-17)19-20-8-5-9-21-19/h5,8-9,17H,4,6-7,10-13H2,1-3H3,(H,22,26). The number of carbonyl (C=O) groups excluding carboxylic acids is 1. The molecule has 1 saturated heterocycles. The van der Waals surface area contributed by atoms with Gasteiger partial charge in [-0.1, -0.05) is 0 Å². The van der Waals surface area contributed by atoms with Gasteiger partial charge in [0.05, 0.1) is 5.69 Å². The minimum Gasteiger partial charge on any atom is -0.356 e. The molecule has 1 amide bonds. The molecule has 2 aromatic heterocycles. The van der Waals surface area contributed by atoms with Crippen molar-refractivity contribution in [1.82, 2.24) is 25.1 Å². The third kappa shape index (κ3) is 4.39. The Labute approximate surface area is 154 Å². The number of aromatic nitrogens is 4. The van der Waals surface area contributed by atoms with Gasteiger partial charge in [-0.15, -0.1) is 0 Å². The van der Waals surface area contributed by atoms with E-state index < -0.39 is 0 Å². The predicted molar refractivity (Wildman–Crippen MR) is 101 cm³/mol. The van der Waals surface area contributed by atoms with Crippen LogP contribution in [0, 0.1) is 26.7 Å². The fraction of sp³-hybridized carbons (Fsp3) is 0.579. The maximum atomic E-state index is 12.2. The molecular formula is C19H28N6O. The summed E-state index contributed by atoms with van der Waals surface area (Å²) in [5.74, 6) is 1.30. The Kier molecular flexibility index (Phi) is 5.85. The zero-order valence-electron chi connectivity index (χ0n) is 15.9. The van der Waals surface area contributed by atoms with Crippen molar-refractivity contribution in [2.24, 2.45) is 5.92 Å². The molecule has 0 spiro atoms. The number of aryl methyl sites for hydroxylation is 2. The molecule has 0 aliphatic carbocycles. The summed E-state index contributed by atoms with van der Waals surface area (Å²) in [4.78, 5) is 23.1. The second-order valence-corrected chi connectivity index (χ2v) is 7.08. The van der Waals surface area contributed by atoms with E-state index in [4.69, 9.17) is 0 Å². The minimum atomic E-state index is 0.0864. The van der Waals surface area contributed by atoms with Crippen molar-refractivity contribution in [3.8, 4) is 0 Å². The quantitative estimate of drug-likeness (QED) is 0.857. The molecule has 26 heavy (non-hydrogen) atoms. The largest absolute Gasteiger partial charge is 0.356 e. The van der Waals surface area contributed by atoms with Gasteiger partial charge in [0.2, 0.25) is 11.9 Å². The molecule has 1 aliphatic rings. The van der Waals surface area contributed by atoms with Crippen molar-refractivity contribution < 1.29 is 4.79 Å². The molecule has 3 rings (SSSR count). The molecule has 2 aromatic rings. The fourth-order valence-corrected chi connectivity index (χ4v) is 3.43. The highest BCUT2D eigenvalue weighted by Crippen LogP contribution is 2.19. The lowest BCUT2D eigenvalue weighted by Gasteiger charge is -2.32. The number of rotatable bonds is 6. The molecule has 0 aromatic carbocycles. The van der Waals surface area contributed by atoms with Crippen LogP contribution in [0.15, 0.2) is 18.5 Å². The van der Waals surface area contributed by atoms with Crippen LogP contribution in [-0.2, 0) is 11.3 Å². The maximum absolute atomic E-state index is 12.2. The number of nitrogens with one attached hydrogen (secondary N) is 1. The van der Waals surface area contributed by atoms with Crippen LogP contribution in [0.1, 0.15) is 36.2 Å². The zero-order valence-corrected chi connectivity index (χ0v) is 15.9. The molecular weight excluding hydrogens is 328 g/mol. The van der Waals surface area contributed by atoms with E-state index in [-0.39, 0.29) is 5.91 Å². The summed E-state index contributed by atoms with van der Waals surface area (Å²) in [6.07, 6.45) is 6.23. The highest BCUT2D eigenvalue weighted by molar-refractivity contribution is 5.75. The van der Waals surface area contributed by atoms with Gasteiger partial charge in [0.25, 0.3) is 0 Å². The second-order valence-electron chi connectivity index (χ2n) is 7.08. The van der Waals surface area contributed by atoms with Gasteiger partial charge in [-0.2, -0.15) is 5.10 Å². The average molecular weight is 356 g/mol. The molecule has 1 aliphatic heterocycles. The summed E-state index contributed by atoms with van der Waals surface area (Å²) < 4.78 is 1.93.